The van der Waals surface area contributed by atoms with Gasteiger partial charge in [0.05, 0.1) is 0 Å². The molecule has 0 radical (unpaired) electrons. The van der Waals surface area contributed by atoms with E-state index in [1.165, 1.54) is 0 Å². The maximum absolute atomic E-state index is 11.4. The van der Waals surface area contributed by atoms with Gasteiger partial charge >= 0.3 is 0 Å². The zero-order chi connectivity index (χ0) is 9.68. The van der Waals surface area contributed by atoms with Gasteiger partial charge in [-0.2, -0.15) is 0 Å². The average molecular weight is 206 g/mol. The van der Waals surface area contributed by atoms with Crippen molar-refractivity contribution in [1.29, 1.82) is 0 Å². The molecule has 0 unspecified atom stereocenters. The molecule has 0 atom stereocenters. The van der Waals surface area contributed by atoms with Crippen LogP contribution in [0.1, 0.15) is 19.8 Å². The van der Waals surface area contributed by atoms with Crippen LogP contribution in [-0.4, -0.2) is 42.5 Å². The van der Waals surface area contributed by atoms with E-state index < -0.39 is 0 Å². The van der Waals surface area contributed by atoms with Gasteiger partial charge in [-0.05, 0) is 19.8 Å². The Labute approximate surface area is 84.0 Å². The molecule has 1 saturated heterocycles. The van der Waals surface area contributed by atoms with Gasteiger partial charge in [-0.3, -0.25) is 4.79 Å². The molecule has 1 fully saturated rings. The van der Waals surface area contributed by atoms with E-state index in [2.05, 4.69) is 0 Å². The largest absolute Gasteiger partial charge is 0.381 e. The van der Waals surface area contributed by atoms with Gasteiger partial charge in [0.1, 0.15) is 5.88 Å². The first-order valence-corrected chi connectivity index (χ1v) is 5.26. The zero-order valence-corrected chi connectivity index (χ0v) is 8.72. The van der Waals surface area contributed by atoms with Crippen molar-refractivity contribution in [2.75, 3.05) is 25.6 Å². The fraction of sp³-hybridized carbons (Fsp3) is 0.889. The third kappa shape index (κ3) is 2.85. The van der Waals surface area contributed by atoms with E-state index in [9.17, 15) is 4.79 Å². The number of halogens is 1. The van der Waals surface area contributed by atoms with E-state index >= 15 is 0 Å². The minimum Gasteiger partial charge on any atom is -0.381 e. The third-order valence-corrected chi connectivity index (χ3v) is 2.64. The number of carbonyl (C=O) groups excluding carboxylic acids is 1. The van der Waals surface area contributed by atoms with Crippen LogP contribution in [0, 0.1) is 0 Å². The smallest absolute Gasteiger partial charge is 0.237 e. The van der Waals surface area contributed by atoms with Crippen LogP contribution >= 0.6 is 11.6 Å². The molecule has 3 nitrogen and oxygen atoms in total. The summed E-state index contributed by atoms with van der Waals surface area (Å²) in [5.74, 6) is 0.127. The molecule has 1 rings (SSSR count). The lowest BCUT2D eigenvalue weighted by Crippen LogP contribution is -2.43. The standard InChI is InChI=1S/C9H16ClNO2/c1-2-11(9(12)7-10)8-3-5-13-6-4-8/h8H,2-7H2,1H3. The predicted octanol–water partition coefficient (Wildman–Crippen LogP) is 1.25. The molecule has 0 spiro atoms. The van der Waals surface area contributed by atoms with Crippen LogP contribution in [0.4, 0.5) is 0 Å². The van der Waals surface area contributed by atoms with Crippen LogP contribution in [0.5, 0.6) is 0 Å². The van der Waals surface area contributed by atoms with Crippen LogP contribution in [0.2, 0.25) is 0 Å². The molecule has 0 aromatic heterocycles. The monoisotopic (exact) mass is 205 g/mol. The number of rotatable bonds is 3. The Morgan fingerprint density at radius 1 is 1.54 bits per heavy atom. The van der Waals surface area contributed by atoms with Crippen LogP contribution in [0.25, 0.3) is 0 Å². The minimum absolute atomic E-state index is 0.0380. The Hall–Kier alpha value is -0.280. The normalized spacial score (nSPS) is 18.6. The first-order valence-electron chi connectivity index (χ1n) is 4.72. The Balaban J connectivity index is 2.48. The number of ether oxygens (including phenoxy) is 1. The molecule has 0 bridgehead atoms. The molecule has 1 amide bonds. The lowest BCUT2D eigenvalue weighted by molar-refractivity contribution is -0.132. The second-order valence-electron chi connectivity index (χ2n) is 3.16. The molecular formula is C9H16ClNO2. The summed E-state index contributed by atoms with van der Waals surface area (Å²) in [5.41, 5.74) is 0. The highest BCUT2D eigenvalue weighted by atomic mass is 35.5. The van der Waals surface area contributed by atoms with Crippen molar-refractivity contribution in [3.05, 3.63) is 0 Å². The van der Waals surface area contributed by atoms with E-state index in [4.69, 9.17) is 16.3 Å². The zero-order valence-electron chi connectivity index (χ0n) is 7.96. The highest BCUT2D eigenvalue weighted by Crippen LogP contribution is 2.14. The second kappa shape index (κ2) is 5.45. The fourth-order valence-corrected chi connectivity index (χ4v) is 1.87. The van der Waals surface area contributed by atoms with Crippen molar-refractivity contribution in [3.8, 4) is 0 Å². The van der Waals surface area contributed by atoms with Gasteiger partial charge in [-0.25, -0.2) is 0 Å². The number of alkyl halides is 1. The summed E-state index contributed by atoms with van der Waals surface area (Å²) < 4.78 is 5.24. The maximum Gasteiger partial charge on any atom is 0.237 e. The number of amides is 1. The fourth-order valence-electron chi connectivity index (χ4n) is 1.71. The van der Waals surface area contributed by atoms with Crippen molar-refractivity contribution in [2.24, 2.45) is 0 Å². The van der Waals surface area contributed by atoms with Crippen molar-refractivity contribution in [2.45, 2.75) is 25.8 Å². The van der Waals surface area contributed by atoms with Crippen LogP contribution < -0.4 is 0 Å². The van der Waals surface area contributed by atoms with Gasteiger partial charge in [0.25, 0.3) is 0 Å². The van der Waals surface area contributed by atoms with Crippen LogP contribution in [-0.2, 0) is 9.53 Å². The molecule has 0 aromatic rings. The first kappa shape index (κ1) is 10.8. The van der Waals surface area contributed by atoms with Gasteiger partial charge in [0, 0.05) is 25.8 Å². The SMILES string of the molecule is CCN(C(=O)CCl)C1CCOCC1. The van der Waals surface area contributed by atoms with Gasteiger partial charge in [-0.15, -0.1) is 11.6 Å². The average Bonchev–Trinajstić information content (AvgIpc) is 2.20. The van der Waals surface area contributed by atoms with E-state index in [1.807, 2.05) is 11.8 Å². The Morgan fingerprint density at radius 2 is 2.15 bits per heavy atom. The van der Waals surface area contributed by atoms with Crippen molar-refractivity contribution in [3.63, 3.8) is 0 Å². The summed E-state index contributed by atoms with van der Waals surface area (Å²) in [5, 5.41) is 0. The lowest BCUT2D eigenvalue weighted by Gasteiger charge is -2.33. The molecule has 0 saturated carbocycles. The van der Waals surface area contributed by atoms with E-state index in [1.54, 1.807) is 0 Å². The Kier molecular flexibility index (Phi) is 4.53. The number of hydrogen-bond donors (Lipinski definition) is 0. The summed E-state index contributed by atoms with van der Waals surface area (Å²) in [6, 6.07) is 0.338. The van der Waals surface area contributed by atoms with E-state index in [0.29, 0.717) is 6.04 Å². The minimum atomic E-state index is 0.0380. The van der Waals surface area contributed by atoms with Crippen molar-refractivity contribution < 1.29 is 9.53 Å². The highest BCUT2D eigenvalue weighted by Gasteiger charge is 2.23. The number of carbonyl (C=O) groups is 1. The molecule has 0 aromatic carbocycles. The molecule has 76 valence electrons. The molecule has 1 aliphatic heterocycles. The van der Waals surface area contributed by atoms with Crippen LogP contribution in [0.3, 0.4) is 0 Å². The summed E-state index contributed by atoms with van der Waals surface area (Å²) >= 11 is 5.52. The van der Waals surface area contributed by atoms with Gasteiger partial charge < -0.3 is 9.64 Å². The molecule has 1 aliphatic rings. The molecule has 0 N–H and O–H groups in total. The summed E-state index contributed by atoms with van der Waals surface area (Å²) in [6.07, 6.45) is 1.88. The topological polar surface area (TPSA) is 29.5 Å². The quantitative estimate of drug-likeness (QED) is 0.650. The van der Waals surface area contributed by atoms with Crippen molar-refractivity contribution in [1.82, 2.24) is 4.90 Å². The Morgan fingerprint density at radius 3 is 2.62 bits per heavy atom. The van der Waals surface area contributed by atoms with Crippen molar-refractivity contribution >= 4 is 17.5 Å². The molecule has 0 aliphatic carbocycles. The predicted molar refractivity (Wildman–Crippen MR) is 51.9 cm³/mol. The maximum atomic E-state index is 11.4. The van der Waals surface area contributed by atoms with E-state index in [-0.39, 0.29) is 11.8 Å². The van der Waals surface area contributed by atoms with Crippen LogP contribution in [0.15, 0.2) is 0 Å². The third-order valence-electron chi connectivity index (χ3n) is 2.41. The molecule has 4 heteroatoms. The lowest BCUT2D eigenvalue weighted by atomic mass is 10.1. The molecule has 1 heterocycles. The van der Waals surface area contributed by atoms with Gasteiger partial charge in [0.2, 0.25) is 5.91 Å². The second-order valence-corrected chi connectivity index (χ2v) is 3.42. The summed E-state index contributed by atoms with van der Waals surface area (Å²) in [4.78, 5) is 13.3. The Bertz CT molecular complexity index is 169. The van der Waals surface area contributed by atoms with E-state index in [0.717, 1.165) is 32.6 Å². The van der Waals surface area contributed by atoms with Gasteiger partial charge in [0.15, 0.2) is 0 Å². The first-order chi connectivity index (χ1) is 6.29. The molecule has 13 heavy (non-hydrogen) atoms. The van der Waals surface area contributed by atoms with Gasteiger partial charge in [-0.1, -0.05) is 0 Å². The number of nitrogens with zero attached hydrogens (tertiary/aromatic N) is 1. The highest BCUT2D eigenvalue weighted by molar-refractivity contribution is 6.27. The molecular weight excluding hydrogens is 190 g/mol. The summed E-state index contributed by atoms with van der Waals surface area (Å²) in [6.45, 7) is 4.25. The number of hydrogen-bond acceptors (Lipinski definition) is 2. The summed E-state index contributed by atoms with van der Waals surface area (Å²) in [7, 11) is 0.